The van der Waals surface area contributed by atoms with E-state index in [4.69, 9.17) is 16.3 Å². The minimum absolute atomic E-state index is 0.0440. The Balaban J connectivity index is 2.55. The molecule has 0 atom stereocenters. The van der Waals surface area contributed by atoms with Crippen LogP contribution >= 0.6 is 11.6 Å². The molecule has 0 unspecified atom stereocenters. The largest absolute Gasteiger partial charge is 0.492 e. The predicted octanol–water partition coefficient (Wildman–Crippen LogP) is 1.92. The third kappa shape index (κ3) is 4.63. The van der Waals surface area contributed by atoms with E-state index < -0.39 is 0 Å². The molecule has 0 aliphatic carbocycles. The van der Waals surface area contributed by atoms with Crippen LogP contribution in [0.2, 0.25) is 5.02 Å². The van der Waals surface area contributed by atoms with Gasteiger partial charge in [0.2, 0.25) is 5.91 Å². The van der Waals surface area contributed by atoms with E-state index in [1.807, 2.05) is 25.1 Å². The van der Waals surface area contributed by atoms with Gasteiger partial charge in [-0.2, -0.15) is 0 Å². The lowest BCUT2D eigenvalue weighted by Crippen LogP contribution is -2.34. The number of carbonyl (C=O) groups is 1. The molecule has 0 aliphatic heterocycles. The SMILES string of the molecule is CCOc1ccc(CCC(=O)NNC)cc1Cl. The normalized spacial score (nSPS) is 10.1. The number of hydrogen-bond donors (Lipinski definition) is 2. The molecule has 1 rings (SSSR count). The maximum atomic E-state index is 11.2. The number of benzene rings is 1. The van der Waals surface area contributed by atoms with Crippen molar-refractivity contribution in [3.8, 4) is 5.75 Å². The van der Waals surface area contributed by atoms with Gasteiger partial charge in [0.1, 0.15) is 5.75 Å². The Kier molecular flexibility index (Phi) is 5.80. The molecule has 0 aliphatic rings. The summed E-state index contributed by atoms with van der Waals surface area (Å²) in [7, 11) is 1.66. The molecule has 1 aromatic rings. The van der Waals surface area contributed by atoms with Gasteiger partial charge in [-0.25, -0.2) is 5.43 Å². The number of carbonyl (C=O) groups excluding carboxylic acids is 1. The Labute approximate surface area is 106 Å². The molecule has 0 saturated heterocycles. The van der Waals surface area contributed by atoms with Gasteiger partial charge >= 0.3 is 0 Å². The van der Waals surface area contributed by atoms with Crippen LogP contribution in [0.15, 0.2) is 18.2 Å². The highest BCUT2D eigenvalue weighted by Crippen LogP contribution is 2.25. The van der Waals surface area contributed by atoms with Crippen molar-refractivity contribution in [3.63, 3.8) is 0 Å². The highest BCUT2D eigenvalue weighted by Gasteiger charge is 2.05. The van der Waals surface area contributed by atoms with E-state index in [1.165, 1.54) is 0 Å². The monoisotopic (exact) mass is 256 g/mol. The third-order valence-electron chi connectivity index (χ3n) is 2.20. The van der Waals surface area contributed by atoms with Crippen molar-refractivity contribution in [1.29, 1.82) is 0 Å². The first-order chi connectivity index (χ1) is 8.17. The Morgan fingerprint density at radius 1 is 1.47 bits per heavy atom. The van der Waals surface area contributed by atoms with Crippen molar-refractivity contribution in [2.45, 2.75) is 19.8 Å². The molecule has 94 valence electrons. The van der Waals surface area contributed by atoms with Gasteiger partial charge in [0.05, 0.1) is 11.6 Å². The van der Waals surface area contributed by atoms with Gasteiger partial charge in [-0.3, -0.25) is 10.2 Å². The molecule has 0 saturated carbocycles. The molecule has 0 heterocycles. The van der Waals surface area contributed by atoms with Crippen LogP contribution in [0.25, 0.3) is 0 Å². The summed E-state index contributed by atoms with van der Waals surface area (Å²) in [5, 5.41) is 0.582. The molecule has 1 aromatic carbocycles. The minimum Gasteiger partial charge on any atom is -0.492 e. The molecule has 17 heavy (non-hydrogen) atoms. The molecule has 0 spiro atoms. The van der Waals surface area contributed by atoms with Crippen molar-refractivity contribution in [2.24, 2.45) is 0 Å². The first kappa shape index (κ1) is 13.8. The van der Waals surface area contributed by atoms with Crippen molar-refractivity contribution in [3.05, 3.63) is 28.8 Å². The number of aryl methyl sites for hydroxylation is 1. The predicted molar refractivity (Wildman–Crippen MR) is 68.1 cm³/mol. The quantitative estimate of drug-likeness (QED) is 0.765. The molecule has 0 bridgehead atoms. The molecule has 1 amide bonds. The summed E-state index contributed by atoms with van der Waals surface area (Å²) < 4.78 is 5.33. The Hall–Kier alpha value is -1.26. The number of hydrazine groups is 1. The van der Waals surface area contributed by atoms with Crippen LogP contribution in [0, 0.1) is 0 Å². The van der Waals surface area contributed by atoms with E-state index in [2.05, 4.69) is 10.9 Å². The smallest absolute Gasteiger partial charge is 0.234 e. The average Bonchev–Trinajstić information content (AvgIpc) is 2.30. The fourth-order valence-corrected chi connectivity index (χ4v) is 1.69. The number of rotatable bonds is 6. The van der Waals surface area contributed by atoms with Gasteiger partial charge < -0.3 is 4.74 Å². The van der Waals surface area contributed by atoms with E-state index in [0.29, 0.717) is 30.2 Å². The lowest BCUT2D eigenvalue weighted by atomic mass is 10.1. The Bertz CT molecular complexity index is 383. The molecule has 2 N–H and O–H groups in total. The van der Waals surface area contributed by atoms with E-state index in [9.17, 15) is 4.79 Å². The van der Waals surface area contributed by atoms with Gasteiger partial charge in [-0.15, -0.1) is 0 Å². The Morgan fingerprint density at radius 3 is 2.82 bits per heavy atom. The zero-order valence-electron chi connectivity index (χ0n) is 10.0. The molecule has 0 fully saturated rings. The fraction of sp³-hybridized carbons (Fsp3) is 0.417. The van der Waals surface area contributed by atoms with Crippen LogP contribution in [-0.4, -0.2) is 19.6 Å². The topological polar surface area (TPSA) is 50.4 Å². The van der Waals surface area contributed by atoms with Crippen LogP contribution in [0.5, 0.6) is 5.75 Å². The van der Waals surface area contributed by atoms with Crippen molar-refractivity contribution in [2.75, 3.05) is 13.7 Å². The van der Waals surface area contributed by atoms with Crippen LogP contribution in [0.4, 0.5) is 0 Å². The molecule has 0 aromatic heterocycles. The maximum Gasteiger partial charge on any atom is 0.234 e. The third-order valence-corrected chi connectivity index (χ3v) is 2.50. The number of halogens is 1. The van der Waals surface area contributed by atoms with Crippen molar-refractivity contribution in [1.82, 2.24) is 10.9 Å². The van der Waals surface area contributed by atoms with Crippen LogP contribution < -0.4 is 15.6 Å². The zero-order valence-corrected chi connectivity index (χ0v) is 10.8. The lowest BCUT2D eigenvalue weighted by molar-refractivity contribution is -0.121. The standard InChI is InChI=1S/C12H17ClN2O2/c1-3-17-11-6-4-9(8-10(11)13)5-7-12(16)15-14-2/h4,6,8,14H,3,5,7H2,1-2H3,(H,15,16). The van der Waals surface area contributed by atoms with Gasteiger partial charge in [0.25, 0.3) is 0 Å². The van der Waals surface area contributed by atoms with Crippen LogP contribution in [0.3, 0.4) is 0 Å². The van der Waals surface area contributed by atoms with Crippen LogP contribution in [0.1, 0.15) is 18.9 Å². The lowest BCUT2D eigenvalue weighted by Gasteiger charge is -2.08. The van der Waals surface area contributed by atoms with Gasteiger partial charge in [-0.05, 0) is 31.0 Å². The minimum atomic E-state index is -0.0440. The zero-order chi connectivity index (χ0) is 12.7. The maximum absolute atomic E-state index is 11.2. The number of ether oxygens (including phenoxy) is 1. The number of hydrogen-bond acceptors (Lipinski definition) is 3. The van der Waals surface area contributed by atoms with E-state index in [0.717, 1.165) is 5.56 Å². The summed E-state index contributed by atoms with van der Waals surface area (Å²) in [6.45, 7) is 2.50. The first-order valence-electron chi connectivity index (χ1n) is 5.54. The molecular weight excluding hydrogens is 240 g/mol. The number of nitrogens with one attached hydrogen (secondary N) is 2. The summed E-state index contributed by atoms with van der Waals surface area (Å²) in [6, 6.07) is 5.58. The first-order valence-corrected chi connectivity index (χ1v) is 5.92. The second kappa shape index (κ2) is 7.14. The van der Waals surface area contributed by atoms with E-state index in [-0.39, 0.29) is 5.91 Å². The Morgan fingerprint density at radius 2 is 2.24 bits per heavy atom. The highest BCUT2D eigenvalue weighted by atomic mass is 35.5. The van der Waals surface area contributed by atoms with Gasteiger partial charge in [0, 0.05) is 13.5 Å². The van der Waals surface area contributed by atoms with E-state index in [1.54, 1.807) is 7.05 Å². The fourth-order valence-electron chi connectivity index (χ4n) is 1.43. The van der Waals surface area contributed by atoms with Crippen molar-refractivity contribution >= 4 is 17.5 Å². The molecule has 4 nitrogen and oxygen atoms in total. The summed E-state index contributed by atoms with van der Waals surface area (Å²) in [5.41, 5.74) is 6.13. The van der Waals surface area contributed by atoms with Gasteiger partial charge in [0.15, 0.2) is 0 Å². The molecule has 0 radical (unpaired) electrons. The second-order valence-electron chi connectivity index (χ2n) is 3.50. The molecule has 5 heteroatoms. The summed E-state index contributed by atoms with van der Waals surface area (Å²) in [6.07, 6.45) is 1.07. The van der Waals surface area contributed by atoms with Crippen molar-refractivity contribution < 1.29 is 9.53 Å². The molecular formula is C12H17ClN2O2. The highest BCUT2D eigenvalue weighted by molar-refractivity contribution is 6.32. The summed E-state index contributed by atoms with van der Waals surface area (Å²) in [4.78, 5) is 11.2. The summed E-state index contributed by atoms with van der Waals surface area (Å²) in [5.74, 6) is 0.634. The number of amides is 1. The van der Waals surface area contributed by atoms with Gasteiger partial charge in [-0.1, -0.05) is 17.7 Å². The summed E-state index contributed by atoms with van der Waals surface area (Å²) >= 11 is 6.05. The van der Waals surface area contributed by atoms with E-state index >= 15 is 0 Å². The van der Waals surface area contributed by atoms with Crippen LogP contribution in [-0.2, 0) is 11.2 Å². The second-order valence-corrected chi connectivity index (χ2v) is 3.90. The average molecular weight is 257 g/mol.